The highest BCUT2D eigenvalue weighted by Crippen LogP contribution is 2.34. The van der Waals surface area contributed by atoms with Crippen molar-refractivity contribution >= 4 is 23.2 Å². The molecule has 1 aliphatic rings. The van der Waals surface area contributed by atoms with E-state index in [9.17, 15) is 0 Å². The van der Waals surface area contributed by atoms with E-state index < -0.39 is 0 Å². The van der Waals surface area contributed by atoms with Crippen molar-refractivity contribution in [3.63, 3.8) is 0 Å². The number of rotatable bonds is 6. The van der Waals surface area contributed by atoms with Crippen molar-refractivity contribution in [3.05, 3.63) is 28.2 Å². The van der Waals surface area contributed by atoms with E-state index in [-0.39, 0.29) is 0 Å². The van der Waals surface area contributed by atoms with E-state index in [2.05, 4.69) is 27.4 Å². The Morgan fingerprint density at radius 1 is 1.43 bits per heavy atom. The van der Waals surface area contributed by atoms with Crippen molar-refractivity contribution < 1.29 is 4.52 Å². The lowest BCUT2D eigenvalue weighted by Gasteiger charge is -2.14. The molecule has 112 valence electrons. The van der Waals surface area contributed by atoms with E-state index in [4.69, 9.17) is 27.7 Å². The third-order valence-electron chi connectivity index (χ3n) is 3.54. The number of nitrogens with zero attached hydrogens (tertiary/aromatic N) is 3. The van der Waals surface area contributed by atoms with Crippen LogP contribution < -0.4 is 5.32 Å². The lowest BCUT2D eigenvalue weighted by Crippen LogP contribution is -2.33. The molecule has 0 aromatic carbocycles. The molecule has 1 atom stereocenters. The van der Waals surface area contributed by atoms with Crippen LogP contribution in [0.25, 0.3) is 11.5 Å². The van der Waals surface area contributed by atoms with Gasteiger partial charge in [-0.3, -0.25) is 0 Å². The molecule has 1 aliphatic carbocycles. The first-order chi connectivity index (χ1) is 10.2. The molecule has 0 spiro atoms. The smallest absolute Gasteiger partial charge is 0.228 e. The minimum atomic E-state index is 0.400. The van der Waals surface area contributed by atoms with Crippen LogP contribution in [-0.2, 0) is 6.42 Å². The summed E-state index contributed by atoms with van der Waals surface area (Å²) in [6.07, 6.45) is 4.79. The van der Waals surface area contributed by atoms with Crippen LogP contribution in [0.4, 0.5) is 0 Å². The molecule has 2 heterocycles. The fourth-order valence-corrected chi connectivity index (χ4v) is 2.83. The fraction of sp³-hybridized carbons (Fsp3) is 0.500. The lowest BCUT2D eigenvalue weighted by molar-refractivity contribution is 0.348. The number of hydrogen-bond acceptors (Lipinski definition) is 5. The highest BCUT2D eigenvalue weighted by molar-refractivity contribution is 6.35. The van der Waals surface area contributed by atoms with Crippen molar-refractivity contribution in [2.24, 2.45) is 5.92 Å². The average molecular weight is 327 g/mol. The minimum absolute atomic E-state index is 0.400. The zero-order chi connectivity index (χ0) is 14.8. The first kappa shape index (κ1) is 14.8. The largest absolute Gasteiger partial charge is 0.339 e. The van der Waals surface area contributed by atoms with Gasteiger partial charge in [0.1, 0.15) is 5.69 Å². The van der Waals surface area contributed by atoms with Gasteiger partial charge in [0, 0.05) is 18.7 Å². The highest BCUT2D eigenvalue weighted by atomic mass is 35.5. The molecule has 1 N–H and O–H groups in total. The predicted octanol–water partition coefficient (Wildman–Crippen LogP) is 3.37. The maximum absolute atomic E-state index is 6.11. The summed E-state index contributed by atoms with van der Waals surface area (Å²) in [4.78, 5) is 8.56. The molecular formula is C14H16Cl2N4O. The first-order valence-corrected chi connectivity index (χ1v) is 7.80. The minimum Gasteiger partial charge on any atom is -0.339 e. The summed E-state index contributed by atoms with van der Waals surface area (Å²) in [6.45, 7) is 3.04. The van der Waals surface area contributed by atoms with Crippen molar-refractivity contribution in [1.82, 2.24) is 20.4 Å². The molecule has 2 aromatic heterocycles. The number of nitrogens with one attached hydrogen (secondary N) is 1. The van der Waals surface area contributed by atoms with Crippen LogP contribution in [-0.4, -0.2) is 27.7 Å². The Morgan fingerprint density at radius 2 is 2.24 bits per heavy atom. The summed E-state index contributed by atoms with van der Waals surface area (Å²) >= 11 is 11.9. The van der Waals surface area contributed by atoms with Gasteiger partial charge in [0.2, 0.25) is 11.7 Å². The van der Waals surface area contributed by atoms with Crippen LogP contribution >= 0.6 is 23.2 Å². The van der Waals surface area contributed by atoms with E-state index in [1.807, 2.05) is 0 Å². The molecule has 5 nitrogen and oxygen atoms in total. The Kier molecular flexibility index (Phi) is 4.42. The molecule has 21 heavy (non-hydrogen) atoms. The van der Waals surface area contributed by atoms with Gasteiger partial charge >= 0.3 is 0 Å². The number of likely N-dealkylation sites (N-methyl/N-ethyl adjacent to an activating group) is 1. The van der Waals surface area contributed by atoms with Crippen LogP contribution in [0.1, 0.15) is 25.7 Å². The lowest BCUT2D eigenvalue weighted by atomic mass is 10.1. The van der Waals surface area contributed by atoms with Crippen LogP contribution in [0.3, 0.4) is 0 Å². The summed E-state index contributed by atoms with van der Waals surface area (Å²) in [5, 5.41) is 8.34. The normalized spacial score (nSPS) is 16.1. The molecule has 1 unspecified atom stereocenters. The quantitative estimate of drug-likeness (QED) is 0.881. The summed E-state index contributed by atoms with van der Waals surface area (Å²) in [5.74, 6) is 1.73. The van der Waals surface area contributed by atoms with E-state index in [0.717, 1.165) is 18.9 Å². The second kappa shape index (κ2) is 6.30. The third-order valence-corrected chi connectivity index (χ3v) is 4.03. The Hall–Kier alpha value is -1.17. The molecule has 1 fully saturated rings. The Balaban J connectivity index is 1.76. The molecule has 3 rings (SSSR count). The number of aromatic nitrogens is 3. The van der Waals surface area contributed by atoms with Gasteiger partial charge in [0.05, 0.1) is 10.0 Å². The summed E-state index contributed by atoms with van der Waals surface area (Å²) in [6, 6.07) is 2.02. The van der Waals surface area contributed by atoms with E-state index in [1.54, 1.807) is 6.07 Å². The summed E-state index contributed by atoms with van der Waals surface area (Å²) in [5.41, 5.74) is 0.488. The second-order valence-corrected chi connectivity index (χ2v) is 6.05. The third kappa shape index (κ3) is 3.54. The monoisotopic (exact) mass is 326 g/mol. The number of hydrogen-bond donors (Lipinski definition) is 1. The molecule has 7 heteroatoms. The van der Waals surface area contributed by atoms with Gasteiger partial charge in [0.15, 0.2) is 0 Å². The van der Waals surface area contributed by atoms with Gasteiger partial charge in [-0.05, 0) is 31.4 Å². The topological polar surface area (TPSA) is 63.8 Å². The summed E-state index contributed by atoms with van der Waals surface area (Å²) in [7, 11) is 0. The van der Waals surface area contributed by atoms with E-state index in [1.165, 1.54) is 19.0 Å². The first-order valence-electron chi connectivity index (χ1n) is 7.04. The molecule has 0 bridgehead atoms. The second-order valence-electron chi connectivity index (χ2n) is 5.20. The number of halogens is 2. The maximum Gasteiger partial charge on any atom is 0.228 e. The van der Waals surface area contributed by atoms with Gasteiger partial charge in [-0.15, -0.1) is 0 Å². The average Bonchev–Trinajstić information content (AvgIpc) is 3.19. The highest BCUT2D eigenvalue weighted by Gasteiger charge is 2.32. The van der Waals surface area contributed by atoms with Gasteiger partial charge in [0.25, 0.3) is 0 Å². The molecule has 2 aromatic rings. The zero-order valence-electron chi connectivity index (χ0n) is 11.6. The molecule has 0 saturated heterocycles. The van der Waals surface area contributed by atoms with E-state index in [0.29, 0.717) is 33.5 Å². The Labute approximate surface area is 133 Å². The van der Waals surface area contributed by atoms with Gasteiger partial charge < -0.3 is 9.84 Å². The standard InChI is InChI=1S/C14H16Cl2N4O/c1-2-17-11(8-3-4-8)6-12-19-14(20-21-12)13-10(16)5-9(15)7-18-13/h5,7-8,11,17H,2-4,6H2,1H3. The van der Waals surface area contributed by atoms with Crippen LogP contribution in [0.2, 0.25) is 10.0 Å². The van der Waals surface area contributed by atoms with Crippen molar-refractivity contribution in [3.8, 4) is 11.5 Å². The SMILES string of the molecule is CCNC(Cc1nc(-c2ncc(Cl)cc2Cl)no1)C1CC1. The van der Waals surface area contributed by atoms with E-state index >= 15 is 0 Å². The fourth-order valence-electron chi connectivity index (χ4n) is 2.37. The Morgan fingerprint density at radius 3 is 2.90 bits per heavy atom. The molecular weight excluding hydrogens is 311 g/mol. The van der Waals surface area contributed by atoms with Crippen LogP contribution in [0, 0.1) is 5.92 Å². The molecule has 1 saturated carbocycles. The zero-order valence-corrected chi connectivity index (χ0v) is 13.2. The van der Waals surface area contributed by atoms with Crippen LogP contribution in [0.15, 0.2) is 16.8 Å². The van der Waals surface area contributed by atoms with Crippen molar-refractivity contribution in [1.29, 1.82) is 0 Å². The van der Waals surface area contributed by atoms with Gasteiger partial charge in [-0.2, -0.15) is 4.98 Å². The predicted molar refractivity (Wildman–Crippen MR) is 81.4 cm³/mol. The Bertz CT molecular complexity index is 627. The van der Waals surface area contributed by atoms with Crippen molar-refractivity contribution in [2.75, 3.05) is 6.54 Å². The molecule has 0 radical (unpaired) electrons. The van der Waals surface area contributed by atoms with Gasteiger partial charge in [-0.25, -0.2) is 4.98 Å². The van der Waals surface area contributed by atoms with Gasteiger partial charge in [-0.1, -0.05) is 35.3 Å². The molecule has 0 aliphatic heterocycles. The maximum atomic E-state index is 6.11. The van der Waals surface area contributed by atoms with Crippen LogP contribution in [0.5, 0.6) is 0 Å². The van der Waals surface area contributed by atoms with Crippen molar-refractivity contribution in [2.45, 2.75) is 32.2 Å². The number of pyridine rings is 1. The summed E-state index contributed by atoms with van der Waals surface area (Å²) < 4.78 is 5.33. The molecule has 0 amide bonds.